The highest BCUT2D eigenvalue weighted by molar-refractivity contribution is 7.09. The van der Waals surface area contributed by atoms with E-state index in [2.05, 4.69) is 15.6 Å². The summed E-state index contributed by atoms with van der Waals surface area (Å²) in [5.41, 5.74) is 0.974. The van der Waals surface area contributed by atoms with Crippen molar-refractivity contribution in [3.05, 3.63) is 46.3 Å². The highest BCUT2D eigenvalue weighted by Crippen LogP contribution is 2.08. The van der Waals surface area contributed by atoms with Crippen molar-refractivity contribution < 1.29 is 4.79 Å². The zero-order valence-electron chi connectivity index (χ0n) is 11.6. The van der Waals surface area contributed by atoms with E-state index in [1.54, 1.807) is 17.5 Å². The first-order valence-electron chi connectivity index (χ1n) is 6.31. The zero-order chi connectivity index (χ0) is 14.4. The van der Waals surface area contributed by atoms with Gasteiger partial charge in [-0.15, -0.1) is 11.3 Å². The maximum absolute atomic E-state index is 11.6. The fourth-order valence-corrected chi connectivity index (χ4v) is 2.26. The van der Waals surface area contributed by atoms with Crippen LogP contribution in [0.1, 0.15) is 10.4 Å². The van der Waals surface area contributed by atoms with Crippen LogP contribution in [-0.2, 0) is 13.1 Å². The van der Waals surface area contributed by atoms with Gasteiger partial charge in [0.25, 0.3) is 0 Å². The molecule has 0 aliphatic heterocycles. The maximum Gasteiger partial charge on any atom is 0.315 e. The second kappa shape index (κ2) is 6.91. The van der Waals surface area contributed by atoms with Crippen LogP contribution in [0, 0.1) is 0 Å². The van der Waals surface area contributed by atoms with E-state index in [0.29, 0.717) is 13.1 Å². The van der Waals surface area contributed by atoms with E-state index >= 15 is 0 Å². The number of carbonyl (C=O) groups is 1. The van der Waals surface area contributed by atoms with Crippen molar-refractivity contribution in [2.45, 2.75) is 13.1 Å². The summed E-state index contributed by atoms with van der Waals surface area (Å²) in [4.78, 5) is 19.0. The number of pyridine rings is 1. The Morgan fingerprint density at radius 1 is 1.25 bits per heavy atom. The lowest BCUT2D eigenvalue weighted by molar-refractivity contribution is 0.240. The van der Waals surface area contributed by atoms with Crippen LogP contribution in [-0.4, -0.2) is 25.1 Å². The summed E-state index contributed by atoms with van der Waals surface area (Å²) >= 11 is 1.63. The van der Waals surface area contributed by atoms with Gasteiger partial charge in [0.15, 0.2) is 0 Å². The van der Waals surface area contributed by atoms with Crippen LogP contribution in [0.15, 0.2) is 35.8 Å². The highest BCUT2D eigenvalue weighted by Gasteiger charge is 2.02. The quantitative estimate of drug-likeness (QED) is 0.887. The van der Waals surface area contributed by atoms with Gasteiger partial charge < -0.3 is 15.5 Å². The molecule has 0 atom stereocenters. The van der Waals surface area contributed by atoms with Gasteiger partial charge in [-0.1, -0.05) is 12.1 Å². The van der Waals surface area contributed by atoms with Crippen molar-refractivity contribution in [1.82, 2.24) is 15.6 Å². The fraction of sp³-hybridized carbons (Fsp3) is 0.286. The number of hydrogen-bond acceptors (Lipinski definition) is 4. The number of anilines is 1. The summed E-state index contributed by atoms with van der Waals surface area (Å²) < 4.78 is 0. The second-order valence-corrected chi connectivity index (χ2v) is 5.57. The van der Waals surface area contributed by atoms with Gasteiger partial charge in [-0.05, 0) is 23.1 Å². The van der Waals surface area contributed by atoms with Crippen LogP contribution in [0.5, 0.6) is 0 Å². The van der Waals surface area contributed by atoms with Crippen LogP contribution < -0.4 is 15.5 Å². The van der Waals surface area contributed by atoms with Crippen LogP contribution in [0.25, 0.3) is 0 Å². The first-order chi connectivity index (χ1) is 9.65. The lowest BCUT2D eigenvalue weighted by Crippen LogP contribution is -2.34. The molecule has 2 aromatic heterocycles. The first-order valence-corrected chi connectivity index (χ1v) is 7.19. The van der Waals surface area contributed by atoms with Gasteiger partial charge >= 0.3 is 6.03 Å². The number of nitrogens with one attached hydrogen (secondary N) is 2. The Labute approximate surface area is 122 Å². The predicted molar refractivity (Wildman–Crippen MR) is 82.0 cm³/mol. The topological polar surface area (TPSA) is 57.3 Å². The molecule has 2 N–H and O–H groups in total. The average molecular weight is 290 g/mol. The molecule has 6 heteroatoms. The minimum atomic E-state index is -0.171. The summed E-state index contributed by atoms with van der Waals surface area (Å²) in [7, 11) is 3.89. The largest absolute Gasteiger partial charge is 0.363 e. The third kappa shape index (κ3) is 4.24. The van der Waals surface area contributed by atoms with Gasteiger partial charge in [-0.25, -0.2) is 9.78 Å². The molecule has 2 heterocycles. The smallest absolute Gasteiger partial charge is 0.315 e. The zero-order valence-corrected chi connectivity index (χ0v) is 12.4. The summed E-state index contributed by atoms with van der Waals surface area (Å²) in [6, 6.07) is 7.68. The molecule has 0 radical (unpaired) electrons. The minimum absolute atomic E-state index is 0.171. The minimum Gasteiger partial charge on any atom is -0.363 e. The molecule has 5 nitrogen and oxygen atoms in total. The van der Waals surface area contributed by atoms with Crippen molar-refractivity contribution in [3.8, 4) is 0 Å². The Bertz CT molecular complexity index is 537. The van der Waals surface area contributed by atoms with Crippen molar-refractivity contribution in [3.63, 3.8) is 0 Å². The van der Waals surface area contributed by atoms with Gasteiger partial charge in [0, 0.05) is 31.7 Å². The Hall–Kier alpha value is -2.08. The lowest BCUT2D eigenvalue weighted by Gasteiger charge is -2.11. The number of thiophene rings is 1. The van der Waals surface area contributed by atoms with Crippen LogP contribution in [0.4, 0.5) is 10.6 Å². The van der Waals surface area contributed by atoms with Gasteiger partial charge in [-0.3, -0.25) is 0 Å². The predicted octanol–water partition coefficient (Wildman–Crippen LogP) is 2.21. The molecule has 0 unspecified atom stereocenters. The average Bonchev–Trinajstić information content (AvgIpc) is 2.96. The Balaban J connectivity index is 1.75. The molecule has 106 valence electrons. The van der Waals surface area contributed by atoms with Gasteiger partial charge in [0.2, 0.25) is 0 Å². The van der Waals surface area contributed by atoms with Crippen molar-refractivity contribution in [2.75, 3.05) is 19.0 Å². The molecule has 0 aromatic carbocycles. The van der Waals surface area contributed by atoms with E-state index in [1.807, 2.05) is 48.6 Å². The molecule has 0 saturated carbocycles. The number of rotatable bonds is 5. The van der Waals surface area contributed by atoms with E-state index in [0.717, 1.165) is 16.3 Å². The Morgan fingerprint density at radius 3 is 2.65 bits per heavy atom. The molecule has 0 fully saturated rings. The van der Waals surface area contributed by atoms with Crippen LogP contribution in [0.3, 0.4) is 0 Å². The van der Waals surface area contributed by atoms with Crippen molar-refractivity contribution in [2.24, 2.45) is 0 Å². The third-order valence-electron chi connectivity index (χ3n) is 2.72. The standard InChI is InChI=1S/C14H18N4OS/c1-18(2)13-6-5-11(8-15-13)9-16-14(19)17-10-12-4-3-7-20-12/h3-8H,9-10H2,1-2H3,(H2,16,17,19). The van der Waals surface area contributed by atoms with E-state index in [-0.39, 0.29) is 6.03 Å². The summed E-state index contributed by atoms with van der Waals surface area (Å²) in [5, 5.41) is 7.62. The maximum atomic E-state index is 11.6. The molecule has 0 aliphatic carbocycles. The first kappa shape index (κ1) is 14.3. The van der Waals surface area contributed by atoms with Gasteiger partial charge in [0.05, 0.1) is 6.54 Å². The second-order valence-electron chi connectivity index (χ2n) is 4.53. The molecule has 0 bridgehead atoms. The SMILES string of the molecule is CN(C)c1ccc(CNC(=O)NCc2cccs2)cn1. The van der Waals surface area contributed by atoms with E-state index in [4.69, 9.17) is 0 Å². The lowest BCUT2D eigenvalue weighted by atomic mass is 10.3. The summed E-state index contributed by atoms with van der Waals surface area (Å²) in [6.07, 6.45) is 1.77. The van der Waals surface area contributed by atoms with Gasteiger partial charge in [0.1, 0.15) is 5.82 Å². The number of hydrogen-bond donors (Lipinski definition) is 2. The summed E-state index contributed by atoms with van der Waals surface area (Å²) in [5.74, 6) is 0.899. The Morgan fingerprint density at radius 2 is 2.05 bits per heavy atom. The van der Waals surface area contributed by atoms with E-state index in [9.17, 15) is 4.79 Å². The monoisotopic (exact) mass is 290 g/mol. The molecule has 20 heavy (non-hydrogen) atoms. The van der Waals surface area contributed by atoms with Gasteiger partial charge in [-0.2, -0.15) is 0 Å². The number of urea groups is 1. The molecular formula is C14H18N4OS. The molecule has 0 saturated heterocycles. The molecule has 2 amide bonds. The van der Waals surface area contributed by atoms with E-state index in [1.165, 1.54) is 0 Å². The molecule has 2 aromatic rings. The molecule has 0 aliphatic rings. The molecule has 2 rings (SSSR count). The molecule has 0 spiro atoms. The fourth-order valence-electron chi connectivity index (χ4n) is 1.61. The Kier molecular flexibility index (Phi) is 4.95. The summed E-state index contributed by atoms with van der Waals surface area (Å²) in [6.45, 7) is 1.03. The number of amides is 2. The number of carbonyl (C=O) groups excluding carboxylic acids is 1. The number of aromatic nitrogens is 1. The third-order valence-corrected chi connectivity index (χ3v) is 3.60. The number of nitrogens with zero attached hydrogens (tertiary/aromatic N) is 2. The van der Waals surface area contributed by atoms with Crippen LogP contribution >= 0.6 is 11.3 Å². The van der Waals surface area contributed by atoms with Crippen molar-refractivity contribution in [1.29, 1.82) is 0 Å². The normalized spacial score (nSPS) is 10.1. The van der Waals surface area contributed by atoms with Crippen LogP contribution in [0.2, 0.25) is 0 Å². The van der Waals surface area contributed by atoms with Crippen molar-refractivity contribution >= 4 is 23.2 Å². The highest BCUT2D eigenvalue weighted by atomic mass is 32.1. The molecular weight excluding hydrogens is 272 g/mol. The van der Waals surface area contributed by atoms with E-state index < -0.39 is 0 Å².